The Balaban J connectivity index is 2.35. The van der Waals surface area contributed by atoms with Gasteiger partial charge in [0, 0.05) is 25.7 Å². The van der Waals surface area contributed by atoms with Gasteiger partial charge in [-0.25, -0.2) is 0 Å². The molecule has 0 bridgehead atoms. The van der Waals surface area contributed by atoms with E-state index in [1.54, 1.807) is 0 Å². The van der Waals surface area contributed by atoms with E-state index in [9.17, 15) is 0 Å². The molecule has 2 rings (SSSR count). The highest BCUT2D eigenvalue weighted by Crippen LogP contribution is 2.26. The smallest absolute Gasteiger partial charge is 0.0472 e. The molecule has 1 aliphatic rings. The topological polar surface area (TPSA) is 15.3 Å². The third kappa shape index (κ3) is 2.13. The van der Waals surface area contributed by atoms with Crippen molar-refractivity contribution in [3.8, 4) is 0 Å². The third-order valence-corrected chi connectivity index (χ3v) is 3.75. The molecule has 16 heavy (non-hydrogen) atoms. The molecule has 1 unspecified atom stereocenters. The van der Waals surface area contributed by atoms with Crippen molar-refractivity contribution >= 4 is 0 Å². The Morgan fingerprint density at radius 1 is 1.12 bits per heavy atom. The SMILES string of the molecule is Cc1cc(C)c(C2CNCCN2C)cc1C. The molecule has 1 aromatic rings. The van der Waals surface area contributed by atoms with Crippen LogP contribution in [0.25, 0.3) is 0 Å². The summed E-state index contributed by atoms with van der Waals surface area (Å²) in [6.07, 6.45) is 0. The summed E-state index contributed by atoms with van der Waals surface area (Å²) in [4.78, 5) is 2.45. The van der Waals surface area contributed by atoms with Gasteiger partial charge in [-0.3, -0.25) is 4.90 Å². The molecule has 0 spiro atoms. The Bertz CT molecular complexity index is 385. The van der Waals surface area contributed by atoms with Gasteiger partial charge in [0.05, 0.1) is 0 Å². The molecule has 1 aromatic carbocycles. The van der Waals surface area contributed by atoms with E-state index < -0.39 is 0 Å². The number of piperazine rings is 1. The molecule has 1 atom stereocenters. The first-order valence-corrected chi connectivity index (χ1v) is 6.08. The molecule has 1 N–H and O–H groups in total. The molecule has 1 heterocycles. The average Bonchev–Trinajstić information content (AvgIpc) is 2.25. The second-order valence-corrected chi connectivity index (χ2v) is 4.99. The van der Waals surface area contributed by atoms with Crippen LogP contribution in [0.5, 0.6) is 0 Å². The van der Waals surface area contributed by atoms with Crippen molar-refractivity contribution in [3.63, 3.8) is 0 Å². The second-order valence-electron chi connectivity index (χ2n) is 4.99. The van der Waals surface area contributed by atoms with Gasteiger partial charge >= 0.3 is 0 Å². The predicted molar refractivity (Wildman–Crippen MR) is 68.9 cm³/mol. The van der Waals surface area contributed by atoms with Crippen LogP contribution in [0.15, 0.2) is 12.1 Å². The minimum Gasteiger partial charge on any atom is -0.314 e. The molecular formula is C14H22N2. The van der Waals surface area contributed by atoms with Crippen LogP contribution in [0.1, 0.15) is 28.3 Å². The number of likely N-dealkylation sites (N-methyl/N-ethyl adjacent to an activating group) is 1. The van der Waals surface area contributed by atoms with Gasteiger partial charge in [0.25, 0.3) is 0 Å². The van der Waals surface area contributed by atoms with E-state index in [4.69, 9.17) is 0 Å². The Kier molecular flexibility index (Phi) is 3.31. The average molecular weight is 218 g/mol. The molecule has 0 aromatic heterocycles. The monoisotopic (exact) mass is 218 g/mol. The van der Waals surface area contributed by atoms with Gasteiger partial charge in [-0.1, -0.05) is 12.1 Å². The largest absolute Gasteiger partial charge is 0.314 e. The van der Waals surface area contributed by atoms with Gasteiger partial charge in [-0.2, -0.15) is 0 Å². The van der Waals surface area contributed by atoms with Gasteiger partial charge in [0.15, 0.2) is 0 Å². The van der Waals surface area contributed by atoms with E-state index in [-0.39, 0.29) is 0 Å². The van der Waals surface area contributed by atoms with Crippen molar-refractivity contribution in [3.05, 3.63) is 34.4 Å². The number of nitrogens with zero attached hydrogens (tertiary/aromatic N) is 1. The maximum absolute atomic E-state index is 3.48. The van der Waals surface area contributed by atoms with Crippen molar-refractivity contribution in [1.29, 1.82) is 0 Å². The van der Waals surface area contributed by atoms with Gasteiger partial charge in [0.2, 0.25) is 0 Å². The fourth-order valence-corrected chi connectivity index (χ4v) is 2.50. The molecule has 0 amide bonds. The minimum atomic E-state index is 0.535. The molecule has 2 heteroatoms. The Morgan fingerprint density at radius 2 is 1.81 bits per heavy atom. The Hall–Kier alpha value is -0.860. The lowest BCUT2D eigenvalue weighted by molar-refractivity contribution is 0.201. The summed E-state index contributed by atoms with van der Waals surface area (Å²) in [5, 5.41) is 3.48. The quantitative estimate of drug-likeness (QED) is 0.777. The molecule has 1 aliphatic heterocycles. The first kappa shape index (κ1) is 11.6. The summed E-state index contributed by atoms with van der Waals surface area (Å²) in [5.41, 5.74) is 5.70. The number of rotatable bonds is 1. The van der Waals surface area contributed by atoms with Gasteiger partial charge in [-0.15, -0.1) is 0 Å². The van der Waals surface area contributed by atoms with Crippen molar-refractivity contribution in [1.82, 2.24) is 10.2 Å². The summed E-state index contributed by atoms with van der Waals surface area (Å²) in [7, 11) is 2.22. The predicted octanol–water partition coefficient (Wildman–Crippen LogP) is 2.19. The lowest BCUT2D eigenvalue weighted by Crippen LogP contribution is -2.44. The highest BCUT2D eigenvalue weighted by molar-refractivity contribution is 5.38. The summed E-state index contributed by atoms with van der Waals surface area (Å²) in [6.45, 7) is 9.93. The molecule has 1 saturated heterocycles. The fraction of sp³-hybridized carbons (Fsp3) is 0.571. The van der Waals surface area contributed by atoms with Crippen molar-refractivity contribution in [2.24, 2.45) is 0 Å². The van der Waals surface area contributed by atoms with E-state index in [0.717, 1.165) is 19.6 Å². The molecule has 0 aliphatic carbocycles. The highest BCUT2D eigenvalue weighted by atomic mass is 15.2. The zero-order valence-electron chi connectivity index (χ0n) is 10.8. The minimum absolute atomic E-state index is 0.535. The lowest BCUT2D eigenvalue weighted by atomic mass is 9.94. The Labute approximate surface area is 98.7 Å². The molecule has 88 valence electrons. The van der Waals surface area contributed by atoms with Crippen molar-refractivity contribution in [2.75, 3.05) is 26.7 Å². The molecule has 1 fully saturated rings. The maximum Gasteiger partial charge on any atom is 0.0472 e. The zero-order chi connectivity index (χ0) is 11.7. The second kappa shape index (κ2) is 4.56. The van der Waals surface area contributed by atoms with Crippen LogP contribution < -0.4 is 5.32 Å². The lowest BCUT2D eigenvalue weighted by Gasteiger charge is -2.34. The number of hydrogen-bond donors (Lipinski definition) is 1. The molecule has 0 saturated carbocycles. The molecular weight excluding hydrogens is 196 g/mol. The standard InChI is InChI=1S/C14H22N2/c1-10-7-12(3)13(8-11(10)2)14-9-15-5-6-16(14)4/h7-8,14-15H,5-6,9H2,1-4H3. The molecule has 2 nitrogen and oxygen atoms in total. The van der Waals surface area contributed by atoms with Crippen LogP contribution in [0, 0.1) is 20.8 Å². The van der Waals surface area contributed by atoms with E-state index in [1.807, 2.05) is 0 Å². The van der Waals surface area contributed by atoms with E-state index in [0.29, 0.717) is 6.04 Å². The first-order valence-electron chi connectivity index (χ1n) is 6.08. The van der Waals surface area contributed by atoms with Crippen molar-refractivity contribution < 1.29 is 0 Å². The Morgan fingerprint density at radius 3 is 2.50 bits per heavy atom. The van der Waals surface area contributed by atoms with E-state index in [2.05, 4.69) is 50.2 Å². The summed E-state index contributed by atoms with van der Waals surface area (Å²) >= 11 is 0. The van der Waals surface area contributed by atoms with Crippen LogP contribution in [0.2, 0.25) is 0 Å². The maximum atomic E-state index is 3.48. The normalized spacial score (nSPS) is 22.4. The van der Waals surface area contributed by atoms with Crippen LogP contribution in [0.3, 0.4) is 0 Å². The molecule has 0 radical (unpaired) electrons. The van der Waals surface area contributed by atoms with Crippen LogP contribution in [-0.2, 0) is 0 Å². The highest BCUT2D eigenvalue weighted by Gasteiger charge is 2.21. The van der Waals surface area contributed by atoms with Crippen LogP contribution in [0.4, 0.5) is 0 Å². The number of benzene rings is 1. The van der Waals surface area contributed by atoms with E-state index >= 15 is 0 Å². The summed E-state index contributed by atoms with van der Waals surface area (Å²) in [5.74, 6) is 0. The fourth-order valence-electron chi connectivity index (χ4n) is 2.50. The van der Waals surface area contributed by atoms with Crippen LogP contribution >= 0.6 is 0 Å². The van der Waals surface area contributed by atoms with E-state index in [1.165, 1.54) is 22.3 Å². The van der Waals surface area contributed by atoms with Gasteiger partial charge in [0.1, 0.15) is 0 Å². The van der Waals surface area contributed by atoms with Gasteiger partial charge < -0.3 is 5.32 Å². The third-order valence-electron chi connectivity index (χ3n) is 3.75. The first-order chi connectivity index (χ1) is 7.59. The summed E-state index contributed by atoms with van der Waals surface area (Å²) in [6, 6.07) is 5.21. The number of hydrogen-bond acceptors (Lipinski definition) is 2. The number of aryl methyl sites for hydroxylation is 3. The van der Waals surface area contributed by atoms with Crippen molar-refractivity contribution in [2.45, 2.75) is 26.8 Å². The zero-order valence-corrected chi connectivity index (χ0v) is 10.8. The van der Waals surface area contributed by atoms with Gasteiger partial charge in [-0.05, 0) is 50.1 Å². The van der Waals surface area contributed by atoms with Crippen LogP contribution in [-0.4, -0.2) is 31.6 Å². The number of nitrogens with one attached hydrogen (secondary N) is 1. The summed E-state index contributed by atoms with van der Waals surface area (Å²) < 4.78 is 0.